The molecule has 3 aliphatic heterocycles. The molecule has 156 valence electrons. The third kappa shape index (κ3) is 3.30. The number of sulfone groups is 1. The molecule has 1 aliphatic carbocycles. The lowest BCUT2D eigenvalue weighted by atomic mass is 9.99. The molecule has 2 atom stereocenters. The van der Waals surface area contributed by atoms with Gasteiger partial charge in [-0.2, -0.15) is 0 Å². The van der Waals surface area contributed by atoms with Gasteiger partial charge in [0.2, 0.25) is 6.41 Å². The number of nitrogens with zero attached hydrogens (tertiary/aromatic N) is 2. The van der Waals surface area contributed by atoms with Crippen molar-refractivity contribution in [3.8, 4) is 0 Å². The molecule has 3 saturated heterocycles. The van der Waals surface area contributed by atoms with Crippen LogP contribution in [0.15, 0.2) is 18.2 Å². The number of nitrogens with one attached hydrogen (secondary N) is 1. The number of carbonyl (C=O) groups excluding carboxylic acids is 2. The zero-order chi connectivity index (χ0) is 20.2. The van der Waals surface area contributed by atoms with Crippen molar-refractivity contribution < 1.29 is 22.7 Å². The Bertz CT molecular complexity index is 945. The SMILES string of the molecule is O=CNC1(c2ccc(C(=O)N3CCS(=O)(=O)CC3)c(N3CC4CC3CO4)c2)CC1. The Hall–Kier alpha value is -2.13. The summed E-state index contributed by atoms with van der Waals surface area (Å²) in [6.45, 7) is 1.86. The van der Waals surface area contributed by atoms with Crippen LogP contribution < -0.4 is 10.2 Å². The molecule has 0 aromatic heterocycles. The summed E-state index contributed by atoms with van der Waals surface area (Å²) >= 11 is 0. The lowest BCUT2D eigenvalue weighted by Crippen LogP contribution is -2.45. The Morgan fingerprint density at radius 2 is 2.00 bits per heavy atom. The molecule has 4 fully saturated rings. The molecule has 2 bridgehead atoms. The molecular formula is C20H25N3O5S. The summed E-state index contributed by atoms with van der Waals surface area (Å²) in [4.78, 5) is 28.3. The zero-order valence-corrected chi connectivity index (χ0v) is 17.0. The first-order chi connectivity index (χ1) is 13.9. The fourth-order valence-electron chi connectivity index (χ4n) is 4.78. The van der Waals surface area contributed by atoms with Crippen LogP contribution in [-0.4, -0.2) is 75.5 Å². The highest BCUT2D eigenvalue weighted by molar-refractivity contribution is 7.91. The fraction of sp³-hybridized carbons (Fsp3) is 0.600. The van der Waals surface area contributed by atoms with E-state index < -0.39 is 9.84 Å². The van der Waals surface area contributed by atoms with Gasteiger partial charge >= 0.3 is 0 Å². The van der Waals surface area contributed by atoms with Crippen LogP contribution in [0.5, 0.6) is 0 Å². The maximum absolute atomic E-state index is 13.3. The van der Waals surface area contributed by atoms with Crippen molar-refractivity contribution >= 4 is 27.8 Å². The maximum atomic E-state index is 13.3. The van der Waals surface area contributed by atoms with Gasteiger partial charge in [-0.25, -0.2) is 8.42 Å². The van der Waals surface area contributed by atoms with E-state index in [9.17, 15) is 18.0 Å². The lowest BCUT2D eigenvalue weighted by molar-refractivity contribution is -0.110. The largest absolute Gasteiger partial charge is 0.374 e. The predicted octanol–water partition coefficient (Wildman–Crippen LogP) is 0.270. The Morgan fingerprint density at radius 3 is 2.59 bits per heavy atom. The molecule has 1 aromatic rings. The fourth-order valence-corrected chi connectivity index (χ4v) is 5.98. The molecule has 2 unspecified atom stereocenters. The number of morpholine rings is 1. The minimum Gasteiger partial charge on any atom is -0.374 e. The maximum Gasteiger partial charge on any atom is 0.256 e. The van der Waals surface area contributed by atoms with E-state index in [1.54, 1.807) is 4.90 Å². The highest BCUT2D eigenvalue weighted by atomic mass is 32.2. The van der Waals surface area contributed by atoms with Crippen molar-refractivity contribution in [1.29, 1.82) is 0 Å². The van der Waals surface area contributed by atoms with Crippen LogP contribution >= 0.6 is 0 Å². The zero-order valence-electron chi connectivity index (χ0n) is 16.2. The van der Waals surface area contributed by atoms with E-state index in [2.05, 4.69) is 10.2 Å². The number of anilines is 1. The van der Waals surface area contributed by atoms with Crippen LogP contribution in [0.3, 0.4) is 0 Å². The second-order valence-corrected chi connectivity index (χ2v) is 10.8. The summed E-state index contributed by atoms with van der Waals surface area (Å²) in [7, 11) is -3.05. The Kier molecular flexibility index (Phi) is 4.36. The second-order valence-electron chi connectivity index (χ2n) is 8.52. The van der Waals surface area contributed by atoms with Crippen LogP contribution in [-0.2, 0) is 24.9 Å². The van der Waals surface area contributed by atoms with Crippen LogP contribution in [0.1, 0.15) is 35.2 Å². The van der Waals surface area contributed by atoms with Crippen molar-refractivity contribution in [1.82, 2.24) is 10.2 Å². The molecule has 29 heavy (non-hydrogen) atoms. The number of hydrogen-bond donors (Lipinski definition) is 1. The molecule has 1 aromatic carbocycles. The van der Waals surface area contributed by atoms with Gasteiger partial charge in [0.1, 0.15) is 0 Å². The van der Waals surface area contributed by atoms with Gasteiger partial charge < -0.3 is 19.9 Å². The molecular weight excluding hydrogens is 394 g/mol. The summed E-state index contributed by atoms with van der Waals surface area (Å²) in [6.07, 6.45) is 3.66. The highest BCUT2D eigenvalue weighted by Crippen LogP contribution is 2.47. The first-order valence-electron chi connectivity index (χ1n) is 10.1. The third-order valence-corrected chi connectivity index (χ3v) is 8.32. The number of benzene rings is 1. The van der Waals surface area contributed by atoms with E-state index in [1.807, 2.05) is 18.2 Å². The normalized spacial score (nSPS) is 29.0. The van der Waals surface area contributed by atoms with Crippen LogP contribution in [0.2, 0.25) is 0 Å². The first kappa shape index (κ1) is 18.9. The molecule has 2 amide bonds. The molecule has 4 aliphatic rings. The van der Waals surface area contributed by atoms with E-state index in [0.29, 0.717) is 12.2 Å². The minimum atomic E-state index is -3.05. The molecule has 0 spiro atoms. The molecule has 1 N–H and O–H groups in total. The summed E-state index contributed by atoms with van der Waals surface area (Å²) in [5, 5.41) is 2.94. The number of fused-ring (bicyclic) bond motifs is 2. The smallest absolute Gasteiger partial charge is 0.256 e. The average Bonchev–Trinajstić information content (AvgIpc) is 3.18. The van der Waals surface area contributed by atoms with Crippen molar-refractivity contribution in [2.45, 2.75) is 36.9 Å². The van der Waals surface area contributed by atoms with Gasteiger partial charge in [0.05, 0.1) is 47.0 Å². The third-order valence-electron chi connectivity index (χ3n) is 6.71. The highest BCUT2D eigenvalue weighted by Gasteiger charge is 2.46. The standard InChI is InChI=1S/C20H25N3O5S/c24-13-21-20(3-4-20)14-1-2-17(19(25)22-5-7-29(26,27)8-6-22)18(9-14)23-11-16-10-15(23)12-28-16/h1-2,9,13,15-16H,3-8,10-12H2,(H,21,24). The Morgan fingerprint density at radius 1 is 1.24 bits per heavy atom. The number of rotatable bonds is 5. The van der Waals surface area contributed by atoms with Gasteiger partial charge in [0.25, 0.3) is 5.91 Å². The van der Waals surface area contributed by atoms with Gasteiger partial charge in [-0.15, -0.1) is 0 Å². The van der Waals surface area contributed by atoms with Crippen LogP contribution in [0.25, 0.3) is 0 Å². The average molecular weight is 420 g/mol. The van der Waals surface area contributed by atoms with E-state index in [-0.39, 0.29) is 48.2 Å². The number of carbonyl (C=O) groups is 2. The van der Waals surface area contributed by atoms with Gasteiger partial charge in [-0.3, -0.25) is 9.59 Å². The van der Waals surface area contributed by atoms with Gasteiger partial charge in [0, 0.05) is 19.6 Å². The molecule has 5 rings (SSSR count). The summed E-state index contributed by atoms with van der Waals surface area (Å²) < 4.78 is 29.2. The summed E-state index contributed by atoms with van der Waals surface area (Å²) in [5.74, 6) is -0.0972. The van der Waals surface area contributed by atoms with Gasteiger partial charge in [-0.1, -0.05) is 6.07 Å². The van der Waals surface area contributed by atoms with Gasteiger partial charge in [-0.05, 0) is 37.0 Å². The number of amides is 2. The molecule has 0 radical (unpaired) electrons. The van der Waals surface area contributed by atoms with E-state index in [1.165, 1.54) is 0 Å². The second kappa shape index (κ2) is 6.70. The van der Waals surface area contributed by atoms with E-state index in [4.69, 9.17) is 4.74 Å². The Labute approximate surface area is 170 Å². The number of hydrogen-bond acceptors (Lipinski definition) is 6. The lowest BCUT2D eigenvalue weighted by Gasteiger charge is -2.33. The molecule has 9 heteroatoms. The van der Waals surface area contributed by atoms with Crippen LogP contribution in [0.4, 0.5) is 5.69 Å². The van der Waals surface area contributed by atoms with E-state index in [0.717, 1.165) is 43.5 Å². The van der Waals surface area contributed by atoms with Crippen LogP contribution in [0, 0.1) is 0 Å². The summed E-state index contributed by atoms with van der Waals surface area (Å²) in [5.41, 5.74) is 2.16. The van der Waals surface area contributed by atoms with Crippen molar-refractivity contribution in [3.05, 3.63) is 29.3 Å². The quantitative estimate of drug-likeness (QED) is 0.689. The predicted molar refractivity (Wildman–Crippen MR) is 107 cm³/mol. The monoisotopic (exact) mass is 419 g/mol. The van der Waals surface area contributed by atoms with E-state index >= 15 is 0 Å². The summed E-state index contributed by atoms with van der Waals surface area (Å²) in [6, 6.07) is 6.05. The molecule has 3 heterocycles. The molecule has 8 nitrogen and oxygen atoms in total. The topological polar surface area (TPSA) is 96.0 Å². The minimum absolute atomic E-state index is 0.0147. The van der Waals surface area contributed by atoms with Crippen molar-refractivity contribution in [2.24, 2.45) is 0 Å². The van der Waals surface area contributed by atoms with Crippen molar-refractivity contribution in [3.63, 3.8) is 0 Å². The van der Waals surface area contributed by atoms with Gasteiger partial charge in [0.15, 0.2) is 9.84 Å². The van der Waals surface area contributed by atoms with Crippen molar-refractivity contribution in [2.75, 3.05) is 42.6 Å². The first-order valence-corrected chi connectivity index (χ1v) is 12.0. The Balaban J connectivity index is 1.49. The number of ether oxygens (including phenoxy) is 1. The molecule has 1 saturated carbocycles.